The molecule has 1 amide bonds. The Balaban J connectivity index is 1.52. The van der Waals surface area contributed by atoms with Gasteiger partial charge in [0.05, 0.1) is 36.5 Å². The van der Waals surface area contributed by atoms with Crippen LogP contribution in [0.25, 0.3) is 17.1 Å². The van der Waals surface area contributed by atoms with E-state index >= 15 is 0 Å². The van der Waals surface area contributed by atoms with Gasteiger partial charge in [-0.05, 0) is 38.0 Å². The van der Waals surface area contributed by atoms with E-state index in [9.17, 15) is 4.79 Å². The summed E-state index contributed by atoms with van der Waals surface area (Å²) in [5.74, 6) is 1.72. The average Bonchev–Trinajstić information content (AvgIpc) is 3.13. The Morgan fingerprint density at radius 1 is 1.37 bits per heavy atom. The van der Waals surface area contributed by atoms with Crippen molar-refractivity contribution in [1.29, 1.82) is 0 Å². The molecule has 0 radical (unpaired) electrons. The molecule has 3 aromatic rings. The minimum absolute atomic E-state index is 0.114. The summed E-state index contributed by atoms with van der Waals surface area (Å²) in [6, 6.07) is 6.13. The quantitative estimate of drug-likeness (QED) is 0.546. The zero-order valence-corrected chi connectivity index (χ0v) is 16.5. The standard InChI is InChI=1S/C19H19BrN6O/c1-11-16-9-26-18(14-7-13(20)5-6-15(14)25(16)10-22-11)23-17(24-26)8-21-19(27)12-3-2-4-12/h5-7,10,12H,2-4,8-9H2,1H3,(H,21,27). The van der Waals surface area contributed by atoms with Gasteiger partial charge in [0.15, 0.2) is 11.6 Å². The molecule has 0 spiro atoms. The lowest BCUT2D eigenvalue weighted by Crippen LogP contribution is -2.34. The van der Waals surface area contributed by atoms with Crippen LogP contribution < -0.4 is 5.32 Å². The lowest BCUT2D eigenvalue weighted by atomic mass is 9.85. The summed E-state index contributed by atoms with van der Waals surface area (Å²) in [4.78, 5) is 21.3. The molecule has 0 bridgehead atoms. The maximum Gasteiger partial charge on any atom is 0.223 e. The fourth-order valence-corrected chi connectivity index (χ4v) is 4.02. The van der Waals surface area contributed by atoms with Crippen molar-refractivity contribution in [3.05, 3.63) is 46.2 Å². The summed E-state index contributed by atoms with van der Waals surface area (Å²) in [6.07, 6.45) is 4.98. The topological polar surface area (TPSA) is 77.6 Å². The van der Waals surface area contributed by atoms with Crippen molar-refractivity contribution in [3.8, 4) is 17.1 Å². The van der Waals surface area contributed by atoms with Gasteiger partial charge in [0, 0.05) is 16.0 Å². The van der Waals surface area contributed by atoms with E-state index in [-0.39, 0.29) is 11.8 Å². The molecule has 0 unspecified atom stereocenters. The van der Waals surface area contributed by atoms with E-state index in [4.69, 9.17) is 4.98 Å². The van der Waals surface area contributed by atoms with Gasteiger partial charge in [0.2, 0.25) is 5.91 Å². The summed E-state index contributed by atoms with van der Waals surface area (Å²) < 4.78 is 4.99. The van der Waals surface area contributed by atoms with E-state index in [1.165, 1.54) is 0 Å². The number of hydrogen-bond acceptors (Lipinski definition) is 4. The van der Waals surface area contributed by atoms with Crippen LogP contribution in [0.15, 0.2) is 29.0 Å². The number of carbonyl (C=O) groups is 1. The Kier molecular flexibility index (Phi) is 3.89. The fourth-order valence-electron chi connectivity index (χ4n) is 3.65. The number of rotatable bonds is 3. The molecule has 138 valence electrons. The molecule has 5 rings (SSSR count). The predicted octanol–water partition coefficient (Wildman–Crippen LogP) is 2.98. The van der Waals surface area contributed by atoms with E-state index in [1.54, 1.807) is 0 Å². The number of hydrogen-bond donors (Lipinski definition) is 1. The lowest BCUT2D eigenvalue weighted by molar-refractivity contribution is -0.127. The molecular weight excluding hydrogens is 408 g/mol. The number of aromatic nitrogens is 5. The Bertz CT molecular complexity index is 1050. The molecule has 0 saturated heterocycles. The SMILES string of the molecule is Cc1ncn2c1Cn1nc(CNC(=O)C3CCC3)nc1-c1cc(Br)ccc1-2. The van der Waals surface area contributed by atoms with Crippen LogP contribution in [0, 0.1) is 12.8 Å². The summed E-state index contributed by atoms with van der Waals surface area (Å²) >= 11 is 3.56. The molecular formula is C19H19BrN6O. The average molecular weight is 427 g/mol. The molecule has 7 nitrogen and oxygen atoms in total. The molecule has 2 aliphatic rings. The van der Waals surface area contributed by atoms with Crippen LogP contribution in [0.3, 0.4) is 0 Å². The van der Waals surface area contributed by atoms with Crippen molar-refractivity contribution >= 4 is 21.8 Å². The minimum atomic E-state index is 0.114. The van der Waals surface area contributed by atoms with Crippen LogP contribution in [0.1, 0.15) is 36.5 Å². The normalized spacial score (nSPS) is 15.3. The maximum absolute atomic E-state index is 12.1. The lowest BCUT2D eigenvalue weighted by Gasteiger charge is -2.23. The van der Waals surface area contributed by atoms with Crippen molar-refractivity contribution in [3.63, 3.8) is 0 Å². The number of benzene rings is 1. The smallest absolute Gasteiger partial charge is 0.223 e. The molecule has 1 aliphatic carbocycles. The summed E-state index contributed by atoms with van der Waals surface area (Å²) in [5, 5.41) is 7.65. The molecule has 3 heterocycles. The summed E-state index contributed by atoms with van der Waals surface area (Å²) in [5.41, 5.74) is 4.09. The molecule has 1 aromatic carbocycles. The highest BCUT2D eigenvalue weighted by Gasteiger charge is 2.26. The fraction of sp³-hybridized carbons (Fsp3) is 0.368. The number of aryl methyl sites for hydroxylation is 1. The highest BCUT2D eigenvalue weighted by atomic mass is 79.9. The number of amides is 1. The van der Waals surface area contributed by atoms with Crippen molar-refractivity contribution < 1.29 is 4.79 Å². The van der Waals surface area contributed by atoms with Gasteiger partial charge >= 0.3 is 0 Å². The van der Waals surface area contributed by atoms with Crippen LogP contribution in [0.4, 0.5) is 0 Å². The first kappa shape index (κ1) is 16.7. The van der Waals surface area contributed by atoms with Gasteiger partial charge in [-0.25, -0.2) is 14.6 Å². The van der Waals surface area contributed by atoms with Crippen LogP contribution in [0.5, 0.6) is 0 Å². The summed E-state index contributed by atoms with van der Waals surface area (Å²) in [6.45, 7) is 2.96. The van der Waals surface area contributed by atoms with E-state index in [0.29, 0.717) is 18.9 Å². The Hall–Kier alpha value is -2.48. The molecule has 1 saturated carbocycles. The molecule has 2 aromatic heterocycles. The second kappa shape index (κ2) is 6.30. The maximum atomic E-state index is 12.1. The van der Waals surface area contributed by atoms with Gasteiger partial charge in [0.25, 0.3) is 0 Å². The zero-order valence-electron chi connectivity index (χ0n) is 14.9. The van der Waals surface area contributed by atoms with Crippen molar-refractivity contribution in [2.75, 3.05) is 0 Å². The molecule has 8 heteroatoms. The Morgan fingerprint density at radius 3 is 3.00 bits per heavy atom. The highest BCUT2D eigenvalue weighted by molar-refractivity contribution is 9.10. The third-order valence-electron chi connectivity index (χ3n) is 5.45. The van der Waals surface area contributed by atoms with Crippen molar-refractivity contribution in [2.45, 2.75) is 39.3 Å². The van der Waals surface area contributed by atoms with E-state index in [2.05, 4.69) is 48.0 Å². The molecule has 0 atom stereocenters. The second-order valence-corrected chi connectivity index (χ2v) is 8.08. The van der Waals surface area contributed by atoms with Crippen LogP contribution in [-0.2, 0) is 17.9 Å². The number of imidazole rings is 1. The van der Waals surface area contributed by atoms with Crippen LogP contribution in [-0.4, -0.2) is 30.2 Å². The van der Waals surface area contributed by atoms with Crippen molar-refractivity contribution in [1.82, 2.24) is 29.6 Å². The molecule has 1 aliphatic heterocycles. The highest BCUT2D eigenvalue weighted by Crippen LogP contribution is 2.33. The van der Waals surface area contributed by atoms with Gasteiger partial charge in [0.1, 0.15) is 0 Å². The molecule has 1 N–H and O–H groups in total. The van der Waals surface area contributed by atoms with Crippen LogP contribution >= 0.6 is 15.9 Å². The number of nitrogens with one attached hydrogen (secondary N) is 1. The van der Waals surface area contributed by atoms with Gasteiger partial charge in [-0.3, -0.25) is 4.79 Å². The first-order chi connectivity index (χ1) is 13.1. The minimum Gasteiger partial charge on any atom is -0.348 e. The van der Waals surface area contributed by atoms with E-state index in [0.717, 1.165) is 52.2 Å². The molecule has 1 fully saturated rings. The van der Waals surface area contributed by atoms with Gasteiger partial charge in [-0.2, -0.15) is 5.10 Å². The van der Waals surface area contributed by atoms with Crippen molar-refractivity contribution in [2.24, 2.45) is 5.92 Å². The first-order valence-corrected chi connectivity index (χ1v) is 9.94. The largest absolute Gasteiger partial charge is 0.348 e. The Morgan fingerprint density at radius 2 is 2.22 bits per heavy atom. The first-order valence-electron chi connectivity index (χ1n) is 9.14. The predicted molar refractivity (Wildman–Crippen MR) is 103 cm³/mol. The Labute approximate surface area is 164 Å². The van der Waals surface area contributed by atoms with Gasteiger partial charge in [-0.1, -0.05) is 22.4 Å². The number of halogens is 1. The monoisotopic (exact) mass is 426 g/mol. The van der Waals surface area contributed by atoms with E-state index < -0.39 is 0 Å². The molecule has 27 heavy (non-hydrogen) atoms. The van der Waals surface area contributed by atoms with E-state index in [1.807, 2.05) is 24.0 Å². The zero-order chi connectivity index (χ0) is 18.5. The third-order valence-corrected chi connectivity index (χ3v) is 5.94. The number of carbonyl (C=O) groups excluding carboxylic acids is 1. The van der Waals surface area contributed by atoms with Gasteiger partial charge < -0.3 is 9.88 Å². The van der Waals surface area contributed by atoms with Crippen LogP contribution in [0.2, 0.25) is 0 Å². The second-order valence-electron chi connectivity index (χ2n) is 7.16. The number of fused-ring (bicyclic) bond motifs is 5. The van der Waals surface area contributed by atoms with Gasteiger partial charge in [-0.15, -0.1) is 0 Å². The number of nitrogens with zero attached hydrogens (tertiary/aromatic N) is 5. The summed E-state index contributed by atoms with van der Waals surface area (Å²) in [7, 11) is 0. The third kappa shape index (κ3) is 2.79.